The van der Waals surface area contributed by atoms with Crippen molar-refractivity contribution in [3.63, 3.8) is 0 Å². The Kier molecular flexibility index (Phi) is 7.02. The standard InChI is InChI=1S/C16H18N2O.C2H6/c1-3-13-7-9-14(10-8-13)17-16(19)18-15-6-4-5-12(2)11-15;1-2/h4-11H,3H2,1-2H3,(H2,17,18,19);1-2H3. The van der Waals surface area contributed by atoms with Crippen molar-refractivity contribution in [2.75, 3.05) is 10.6 Å². The molecular weight excluding hydrogens is 260 g/mol. The van der Waals surface area contributed by atoms with Gasteiger partial charge in [-0.1, -0.05) is 45.0 Å². The molecule has 0 atom stereocenters. The average Bonchev–Trinajstić information content (AvgIpc) is 2.50. The molecule has 0 spiro atoms. The topological polar surface area (TPSA) is 41.1 Å². The first kappa shape index (κ1) is 16.8. The van der Waals surface area contributed by atoms with E-state index in [0.717, 1.165) is 23.4 Å². The highest BCUT2D eigenvalue weighted by Crippen LogP contribution is 2.12. The number of hydrogen-bond donors (Lipinski definition) is 2. The number of urea groups is 1. The van der Waals surface area contributed by atoms with Crippen LogP contribution in [0.5, 0.6) is 0 Å². The van der Waals surface area contributed by atoms with E-state index in [1.165, 1.54) is 5.56 Å². The number of carbonyl (C=O) groups is 1. The molecular formula is C18H24N2O. The van der Waals surface area contributed by atoms with Crippen LogP contribution in [0.15, 0.2) is 48.5 Å². The van der Waals surface area contributed by atoms with Crippen molar-refractivity contribution in [3.05, 3.63) is 59.7 Å². The second kappa shape index (κ2) is 8.80. The van der Waals surface area contributed by atoms with E-state index in [1.807, 2.05) is 69.3 Å². The Morgan fingerprint density at radius 3 is 2.14 bits per heavy atom. The van der Waals surface area contributed by atoms with Crippen LogP contribution < -0.4 is 10.6 Å². The fourth-order valence-electron chi connectivity index (χ4n) is 1.84. The molecule has 2 N–H and O–H groups in total. The lowest BCUT2D eigenvalue weighted by molar-refractivity contribution is 0.262. The van der Waals surface area contributed by atoms with Gasteiger partial charge in [0, 0.05) is 11.4 Å². The lowest BCUT2D eigenvalue weighted by atomic mass is 10.1. The molecule has 2 rings (SSSR count). The summed E-state index contributed by atoms with van der Waals surface area (Å²) in [7, 11) is 0. The maximum Gasteiger partial charge on any atom is 0.323 e. The molecule has 2 amide bonds. The van der Waals surface area contributed by atoms with Gasteiger partial charge in [0.05, 0.1) is 0 Å². The van der Waals surface area contributed by atoms with Crippen molar-refractivity contribution >= 4 is 17.4 Å². The number of carbonyl (C=O) groups excluding carboxylic acids is 1. The molecule has 2 aromatic rings. The van der Waals surface area contributed by atoms with Gasteiger partial charge in [-0.2, -0.15) is 0 Å². The van der Waals surface area contributed by atoms with E-state index in [4.69, 9.17) is 0 Å². The van der Waals surface area contributed by atoms with Gasteiger partial charge < -0.3 is 10.6 Å². The first-order chi connectivity index (χ1) is 10.2. The second-order valence-corrected chi connectivity index (χ2v) is 4.50. The fraction of sp³-hybridized carbons (Fsp3) is 0.278. The summed E-state index contributed by atoms with van der Waals surface area (Å²) in [5, 5.41) is 5.62. The zero-order valence-corrected chi connectivity index (χ0v) is 13.2. The number of aryl methyl sites for hydroxylation is 2. The third-order valence-electron chi connectivity index (χ3n) is 2.90. The first-order valence-corrected chi connectivity index (χ1v) is 7.41. The molecule has 3 heteroatoms. The van der Waals surface area contributed by atoms with Gasteiger partial charge in [0.25, 0.3) is 0 Å². The van der Waals surface area contributed by atoms with Gasteiger partial charge >= 0.3 is 6.03 Å². The predicted octanol–water partition coefficient (Wildman–Crippen LogP) is 5.23. The molecule has 0 bridgehead atoms. The molecule has 112 valence electrons. The third-order valence-corrected chi connectivity index (χ3v) is 2.90. The zero-order valence-electron chi connectivity index (χ0n) is 13.2. The van der Waals surface area contributed by atoms with E-state index in [-0.39, 0.29) is 6.03 Å². The highest BCUT2D eigenvalue weighted by molar-refractivity contribution is 5.99. The molecule has 21 heavy (non-hydrogen) atoms. The summed E-state index contributed by atoms with van der Waals surface area (Å²) in [5.41, 5.74) is 3.96. The molecule has 0 aliphatic rings. The monoisotopic (exact) mass is 284 g/mol. The van der Waals surface area contributed by atoms with Gasteiger partial charge in [0.2, 0.25) is 0 Å². The smallest absolute Gasteiger partial charge is 0.308 e. The summed E-state index contributed by atoms with van der Waals surface area (Å²) >= 11 is 0. The maximum atomic E-state index is 11.8. The van der Waals surface area contributed by atoms with Gasteiger partial charge in [-0.05, 0) is 48.7 Å². The van der Waals surface area contributed by atoms with Crippen LogP contribution in [-0.2, 0) is 6.42 Å². The first-order valence-electron chi connectivity index (χ1n) is 7.41. The Bertz CT molecular complexity index is 562. The normalized spacial score (nSPS) is 9.33. The van der Waals surface area contributed by atoms with Crippen LogP contribution in [0.3, 0.4) is 0 Å². The summed E-state index contributed by atoms with van der Waals surface area (Å²) < 4.78 is 0. The lowest BCUT2D eigenvalue weighted by Crippen LogP contribution is -2.19. The fourth-order valence-corrected chi connectivity index (χ4v) is 1.84. The minimum Gasteiger partial charge on any atom is -0.308 e. The summed E-state index contributed by atoms with van der Waals surface area (Å²) in [4.78, 5) is 11.8. The summed E-state index contributed by atoms with van der Waals surface area (Å²) in [5.74, 6) is 0. The maximum absolute atomic E-state index is 11.8. The van der Waals surface area contributed by atoms with Crippen LogP contribution in [-0.4, -0.2) is 6.03 Å². The molecule has 0 heterocycles. The lowest BCUT2D eigenvalue weighted by Gasteiger charge is -2.08. The van der Waals surface area contributed by atoms with Crippen molar-refractivity contribution in [1.29, 1.82) is 0 Å². The molecule has 0 radical (unpaired) electrons. The quantitative estimate of drug-likeness (QED) is 0.796. The molecule has 0 fully saturated rings. The molecule has 0 aliphatic heterocycles. The summed E-state index contributed by atoms with van der Waals surface area (Å²) in [6.07, 6.45) is 0.996. The van der Waals surface area contributed by atoms with Crippen LogP contribution >= 0.6 is 0 Å². The summed E-state index contributed by atoms with van der Waals surface area (Å²) in [6.45, 7) is 8.10. The van der Waals surface area contributed by atoms with Gasteiger partial charge in [-0.25, -0.2) is 4.79 Å². The van der Waals surface area contributed by atoms with Gasteiger partial charge in [0.15, 0.2) is 0 Å². The Balaban J connectivity index is 0.00000106. The van der Waals surface area contributed by atoms with E-state index < -0.39 is 0 Å². The average molecular weight is 284 g/mol. The van der Waals surface area contributed by atoms with Crippen LogP contribution in [0.4, 0.5) is 16.2 Å². The minimum absolute atomic E-state index is 0.227. The number of amides is 2. The molecule has 0 aliphatic carbocycles. The highest BCUT2D eigenvalue weighted by Gasteiger charge is 2.02. The van der Waals surface area contributed by atoms with Crippen molar-refractivity contribution in [3.8, 4) is 0 Å². The molecule has 3 nitrogen and oxygen atoms in total. The third kappa shape index (κ3) is 5.69. The van der Waals surface area contributed by atoms with Crippen LogP contribution in [0, 0.1) is 6.92 Å². The number of hydrogen-bond acceptors (Lipinski definition) is 1. The predicted molar refractivity (Wildman–Crippen MR) is 91.0 cm³/mol. The van der Waals surface area contributed by atoms with E-state index in [9.17, 15) is 4.79 Å². The van der Waals surface area contributed by atoms with Crippen LogP contribution in [0.25, 0.3) is 0 Å². The van der Waals surface area contributed by atoms with E-state index >= 15 is 0 Å². The molecule has 0 saturated carbocycles. The van der Waals surface area contributed by atoms with Gasteiger partial charge in [0.1, 0.15) is 0 Å². The number of nitrogens with one attached hydrogen (secondary N) is 2. The van der Waals surface area contributed by atoms with E-state index in [1.54, 1.807) is 0 Å². The Morgan fingerprint density at radius 1 is 0.952 bits per heavy atom. The Morgan fingerprint density at radius 2 is 1.57 bits per heavy atom. The second-order valence-electron chi connectivity index (χ2n) is 4.50. The molecule has 0 unspecified atom stereocenters. The van der Waals surface area contributed by atoms with Crippen molar-refractivity contribution in [2.45, 2.75) is 34.1 Å². The number of rotatable bonds is 3. The Labute approximate surface area is 127 Å². The SMILES string of the molecule is CC.CCc1ccc(NC(=O)Nc2cccc(C)c2)cc1. The van der Waals surface area contributed by atoms with Crippen LogP contribution in [0.2, 0.25) is 0 Å². The van der Waals surface area contributed by atoms with Crippen molar-refractivity contribution in [1.82, 2.24) is 0 Å². The van der Waals surface area contributed by atoms with E-state index in [0.29, 0.717) is 0 Å². The molecule has 0 aromatic heterocycles. The number of benzene rings is 2. The largest absolute Gasteiger partial charge is 0.323 e. The number of anilines is 2. The van der Waals surface area contributed by atoms with Crippen molar-refractivity contribution in [2.24, 2.45) is 0 Å². The minimum atomic E-state index is -0.227. The van der Waals surface area contributed by atoms with Crippen molar-refractivity contribution < 1.29 is 4.79 Å². The van der Waals surface area contributed by atoms with Gasteiger partial charge in [-0.3, -0.25) is 0 Å². The van der Waals surface area contributed by atoms with E-state index in [2.05, 4.69) is 17.6 Å². The summed E-state index contributed by atoms with van der Waals surface area (Å²) in [6, 6.07) is 15.3. The molecule has 0 saturated heterocycles. The Hall–Kier alpha value is -2.29. The zero-order chi connectivity index (χ0) is 15.7. The molecule has 2 aromatic carbocycles. The van der Waals surface area contributed by atoms with Gasteiger partial charge in [-0.15, -0.1) is 0 Å². The van der Waals surface area contributed by atoms with Crippen LogP contribution in [0.1, 0.15) is 31.9 Å². The highest BCUT2D eigenvalue weighted by atomic mass is 16.2.